The van der Waals surface area contributed by atoms with Gasteiger partial charge in [0.1, 0.15) is 22.3 Å². The molecule has 0 unspecified atom stereocenters. The van der Waals surface area contributed by atoms with Crippen molar-refractivity contribution in [1.29, 1.82) is 0 Å². The normalized spacial score (nSPS) is 15.7. The van der Waals surface area contributed by atoms with Crippen molar-refractivity contribution in [3.63, 3.8) is 0 Å². The molecule has 0 aliphatic heterocycles. The highest BCUT2D eigenvalue weighted by Gasteiger charge is 2.17. The van der Waals surface area contributed by atoms with E-state index < -0.39 is 88.7 Å². The highest BCUT2D eigenvalue weighted by atomic mass is 16.3. The third-order valence-corrected chi connectivity index (χ3v) is 12.8. The van der Waals surface area contributed by atoms with Crippen molar-refractivity contribution in [2.24, 2.45) is 0 Å². The minimum atomic E-state index is -0.818. The van der Waals surface area contributed by atoms with Crippen molar-refractivity contribution in [2.45, 2.75) is 0 Å². The van der Waals surface area contributed by atoms with Crippen LogP contribution in [0.3, 0.4) is 0 Å². The zero-order chi connectivity index (χ0) is 54.7. The molecule has 2 heterocycles. The molecule has 0 radical (unpaired) electrons. The molecule has 13 aromatic carbocycles. The molecule has 2 nitrogen and oxygen atoms in total. The smallest absolute Gasteiger partial charge is 0.135 e. The van der Waals surface area contributed by atoms with Gasteiger partial charge in [0.05, 0.1) is 20.6 Å². The summed E-state index contributed by atoms with van der Waals surface area (Å²) in [5.74, 6) is 0. The first-order chi connectivity index (χ1) is 38.0. The Morgan fingerprint density at radius 1 is 0.266 bits per heavy atom. The molecule has 0 amide bonds. The summed E-state index contributed by atoms with van der Waals surface area (Å²) in [7, 11) is 0. The zero-order valence-electron chi connectivity index (χ0n) is 48.3. The lowest BCUT2D eigenvalue weighted by Gasteiger charge is -2.14. The van der Waals surface area contributed by atoms with Gasteiger partial charge >= 0.3 is 0 Å². The van der Waals surface area contributed by atoms with Gasteiger partial charge in [-0.3, -0.25) is 0 Å². The first kappa shape index (κ1) is 23.1. The highest BCUT2D eigenvalue weighted by Crippen LogP contribution is 2.44. The molecule has 0 saturated carbocycles. The lowest BCUT2D eigenvalue weighted by Crippen LogP contribution is -1.87. The van der Waals surface area contributed by atoms with Crippen molar-refractivity contribution in [2.75, 3.05) is 0 Å². The number of fused-ring (bicyclic) bond motifs is 6. The fourth-order valence-electron chi connectivity index (χ4n) is 9.89. The molecule has 64 heavy (non-hydrogen) atoms. The van der Waals surface area contributed by atoms with Crippen LogP contribution in [0.4, 0.5) is 0 Å². The van der Waals surface area contributed by atoms with Crippen LogP contribution in [-0.4, -0.2) is 0 Å². The van der Waals surface area contributed by atoms with Crippen LogP contribution in [0, 0.1) is 0 Å². The van der Waals surface area contributed by atoms with Crippen LogP contribution in [0.1, 0.15) is 20.6 Å². The van der Waals surface area contributed by atoms with Crippen LogP contribution in [-0.2, 0) is 0 Å². The Hall–Kier alpha value is -8.46. The van der Waals surface area contributed by atoms with Gasteiger partial charge in [-0.1, -0.05) is 152 Å². The molecule has 294 valence electrons. The van der Waals surface area contributed by atoms with E-state index in [1.54, 1.807) is 6.07 Å². The number of rotatable bonds is 4. The number of hydrogen-bond acceptors (Lipinski definition) is 2. The topological polar surface area (TPSA) is 26.3 Å². The molecule has 0 atom stereocenters. The fraction of sp³-hybridized carbons (Fsp3) is 0. The lowest BCUT2D eigenvalue weighted by atomic mass is 9.89. The Morgan fingerprint density at radius 2 is 0.641 bits per heavy atom. The number of benzene rings is 13. The van der Waals surface area contributed by atoms with Crippen LogP contribution >= 0.6 is 0 Å². The quantitative estimate of drug-likeness (QED) is 0.165. The van der Waals surface area contributed by atoms with Crippen LogP contribution in [0.5, 0.6) is 0 Å². The third kappa shape index (κ3) is 4.80. The monoisotopic (exact) mass is 825 g/mol. The number of furan rings is 2. The van der Waals surface area contributed by atoms with E-state index >= 15 is 0 Å². The molecule has 0 aliphatic rings. The van der Waals surface area contributed by atoms with Gasteiger partial charge in [-0.05, 0) is 164 Å². The minimum absolute atomic E-state index is 0.0280. The summed E-state index contributed by atoms with van der Waals surface area (Å²) in [5.41, 5.74) is -1.79. The highest BCUT2D eigenvalue weighted by molar-refractivity contribution is 6.27. The van der Waals surface area contributed by atoms with E-state index in [2.05, 4.69) is 6.07 Å². The average Bonchev–Trinajstić information content (AvgIpc) is 4.32. The maximum Gasteiger partial charge on any atom is 0.135 e. The molecule has 15 aromatic rings. The molecule has 2 heteroatoms. The van der Waals surface area contributed by atoms with Crippen molar-refractivity contribution in [1.82, 2.24) is 0 Å². The van der Waals surface area contributed by atoms with Gasteiger partial charge in [0.2, 0.25) is 0 Å². The summed E-state index contributed by atoms with van der Waals surface area (Å²) in [5, 5.41) is 10.8. The van der Waals surface area contributed by atoms with E-state index in [1.165, 1.54) is 6.07 Å². The van der Waals surface area contributed by atoms with E-state index in [9.17, 15) is 19.2 Å². The molecular weight excluding hydrogens is 777 g/mol. The maximum absolute atomic E-state index is 9.83. The first-order valence-corrected chi connectivity index (χ1v) is 20.8. The second-order valence-electron chi connectivity index (χ2n) is 16.3. The summed E-state index contributed by atoms with van der Waals surface area (Å²) in [6, 6.07) is 28.5. The van der Waals surface area contributed by atoms with Crippen molar-refractivity contribution in [3.05, 3.63) is 206 Å². The summed E-state index contributed by atoms with van der Waals surface area (Å²) < 4.78 is 154. The minimum Gasteiger partial charge on any atom is -0.456 e. The molecular formula is C62H34O2. The van der Waals surface area contributed by atoms with Gasteiger partial charge in [-0.25, -0.2) is 0 Å². The molecule has 0 spiro atoms. The van der Waals surface area contributed by atoms with Gasteiger partial charge in [0.25, 0.3) is 0 Å². The molecule has 2 aromatic heterocycles. The van der Waals surface area contributed by atoms with E-state index in [0.717, 1.165) is 59.2 Å². The SMILES string of the molecule is [2H]c1c([2H])c(-c2c([2H])c([2H])c3oc4c([2H])cc(-c5ccc6ccc7cccc8ccc5c6c78)c([2H])c4c3c2[2H])c([2H])c(-c2c([2H])c([2H])c3oc4c([2H])c([2H])c(-c5ccc6ccc7cccc8ccc5c6c78)c([2H])c4c3c2[2H])c1[2H]. The van der Waals surface area contributed by atoms with E-state index in [-0.39, 0.29) is 73.6 Å². The van der Waals surface area contributed by atoms with E-state index in [4.69, 9.17) is 10.2 Å². The Kier molecular flexibility index (Phi) is 4.54. The van der Waals surface area contributed by atoms with E-state index in [0.29, 0.717) is 22.1 Å². The summed E-state index contributed by atoms with van der Waals surface area (Å²) >= 11 is 0. The third-order valence-electron chi connectivity index (χ3n) is 12.8. The summed E-state index contributed by atoms with van der Waals surface area (Å²) in [4.78, 5) is 0. The van der Waals surface area contributed by atoms with Gasteiger partial charge < -0.3 is 8.83 Å². The molecule has 0 aliphatic carbocycles. The van der Waals surface area contributed by atoms with Gasteiger partial charge in [0, 0.05) is 21.5 Å². The van der Waals surface area contributed by atoms with Gasteiger partial charge in [-0.15, -0.1) is 0 Å². The van der Waals surface area contributed by atoms with E-state index in [1.807, 2.05) is 97.1 Å². The van der Waals surface area contributed by atoms with Crippen LogP contribution in [0.2, 0.25) is 0 Å². The molecule has 0 saturated heterocycles. The lowest BCUT2D eigenvalue weighted by molar-refractivity contribution is 0.668. The first-order valence-electron chi connectivity index (χ1n) is 28.3. The Balaban J connectivity index is 0.967. The predicted octanol–water partition coefficient (Wildman–Crippen LogP) is 17.9. The van der Waals surface area contributed by atoms with Crippen LogP contribution < -0.4 is 0 Å². The average molecular weight is 826 g/mol. The van der Waals surface area contributed by atoms with Crippen LogP contribution in [0.25, 0.3) is 153 Å². The maximum atomic E-state index is 9.83. The standard InChI is InChI=1S/C62H34O2/c1-4-35-10-12-39-14-22-47(49-24-16-37(6-1)59(35)61(39)49)45-20-28-57-53(33-45)51-31-43(18-26-55(51)63-57)41-8-3-9-42(30-41)44-19-27-56-52(32-44)54-34-46(21-29-58(54)64-56)48-23-15-40-13-11-36-5-2-7-38-17-25-50(48)62(40)60(36)38/h1-34H/i3D,8D,9D,18D,19D,20D,26D,27D,28D,29D,30D,31D,32D,33D,34D. The fourth-order valence-corrected chi connectivity index (χ4v) is 9.89. The predicted molar refractivity (Wildman–Crippen MR) is 270 cm³/mol. The number of hydrogen-bond donors (Lipinski definition) is 0. The Bertz CT molecular complexity index is 5300. The van der Waals surface area contributed by atoms with Gasteiger partial charge in [0.15, 0.2) is 0 Å². The summed E-state index contributed by atoms with van der Waals surface area (Å²) in [6.45, 7) is 0. The van der Waals surface area contributed by atoms with Crippen molar-refractivity contribution in [3.8, 4) is 44.5 Å². The molecule has 0 fully saturated rings. The largest absolute Gasteiger partial charge is 0.456 e. The van der Waals surface area contributed by atoms with Crippen molar-refractivity contribution < 1.29 is 29.4 Å². The van der Waals surface area contributed by atoms with Gasteiger partial charge in [-0.2, -0.15) is 0 Å². The molecule has 15 rings (SSSR count). The Morgan fingerprint density at radius 3 is 1.16 bits per heavy atom. The second-order valence-corrected chi connectivity index (χ2v) is 16.3. The van der Waals surface area contributed by atoms with Crippen molar-refractivity contribution >= 4 is 109 Å². The second kappa shape index (κ2) is 12.6. The molecule has 0 bridgehead atoms. The van der Waals surface area contributed by atoms with Crippen LogP contribution in [0.15, 0.2) is 215 Å². The Labute approximate surface area is 387 Å². The zero-order valence-corrected chi connectivity index (χ0v) is 33.3. The molecule has 0 N–H and O–H groups in total. The summed E-state index contributed by atoms with van der Waals surface area (Å²) in [6.07, 6.45) is 0.